The van der Waals surface area contributed by atoms with Crippen molar-refractivity contribution in [1.82, 2.24) is 25.1 Å². The fraction of sp³-hybridized carbons (Fsp3) is 0.423. The number of aryl methyl sites for hydroxylation is 2. The zero-order valence-electron chi connectivity index (χ0n) is 21.3. The highest BCUT2D eigenvalue weighted by atomic mass is 32.2. The van der Waals surface area contributed by atoms with E-state index in [0.717, 1.165) is 23.6 Å². The molecule has 0 saturated heterocycles. The Morgan fingerprint density at radius 2 is 1.89 bits per heavy atom. The average Bonchev–Trinajstić information content (AvgIpc) is 3.67. The number of imidazole rings is 1. The number of nitrogens with zero attached hydrogens (tertiary/aromatic N) is 4. The number of hydrogen-bond acceptors (Lipinski definition) is 6. The quantitative estimate of drug-likeness (QED) is 0.280. The predicted octanol–water partition coefficient (Wildman–Crippen LogP) is 3.97. The number of nitrogens with two attached hydrogens (primary N) is 1. The molecule has 4 N–H and O–H groups in total. The van der Waals surface area contributed by atoms with Gasteiger partial charge in [0.05, 0.1) is 29.7 Å². The van der Waals surface area contributed by atoms with Gasteiger partial charge in [0, 0.05) is 26.7 Å². The van der Waals surface area contributed by atoms with Crippen molar-refractivity contribution >= 4 is 29.6 Å². The molecule has 4 rings (SSSR count). The summed E-state index contributed by atoms with van der Waals surface area (Å²) in [5.74, 6) is 0.824. The number of carbonyl (C=O) groups is 2. The van der Waals surface area contributed by atoms with E-state index in [1.807, 2.05) is 30.2 Å². The Hall–Kier alpha value is -3.40. The summed E-state index contributed by atoms with van der Waals surface area (Å²) in [7, 11) is 3.53. The number of unbranched alkanes of at least 4 members (excludes halogenated alkanes) is 4. The Morgan fingerprint density at radius 3 is 2.42 bits per heavy atom. The summed E-state index contributed by atoms with van der Waals surface area (Å²) in [6.45, 7) is 2.80. The number of H-pyrrole nitrogens is 1. The van der Waals surface area contributed by atoms with Crippen LogP contribution in [-0.4, -0.2) is 56.5 Å². The van der Waals surface area contributed by atoms with Crippen molar-refractivity contribution < 1.29 is 9.59 Å². The third-order valence-electron chi connectivity index (χ3n) is 5.46. The first-order valence-electron chi connectivity index (χ1n) is 12.2. The van der Waals surface area contributed by atoms with Crippen molar-refractivity contribution in [3.05, 3.63) is 48.5 Å². The maximum absolute atomic E-state index is 10.3. The number of benzene rings is 1. The summed E-state index contributed by atoms with van der Waals surface area (Å²) < 4.78 is 1.89. The molecule has 2 aromatic heterocycles. The van der Waals surface area contributed by atoms with E-state index in [1.165, 1.54) is 55.0 Å². The lowest BCUT2D eigenvalue weighted by Crippen LogP contribution is -2.25. The van der Waals surface area contributed by atoms with Gasteiger partial charge in [-0.3, -0.25) is 19.3 Å². The minimum Gasteiger partial charge on any atom is -0.369 e. The van der Waals surface area contributed by atoms with E-state index in [9.17, 15) is 4.79 Å². The molecule has 0 spiro atoms. The second-order valence-corrected chi connectivity index (χ2v) is 9.28. The van der Waals surface area contributed by atoms with Gasteiger partial charge in [0.2, 0.25) is 12.3 Å². The molecule has 1 aromatic carbocycles. The Morgan fingerprint density at radius 1 is 1.19 bits per heavy atom. The van der Waals surface area contributed by atoms with Gasteiger partial charge in [-0.25, -0.2) is 4.98 Å². The summed E-state index contributed by atoms with van der Waals surface area (Å²) >= 11 is 1.38. The molecular formula is C26H37N7O2S. The van der Waals surface area contributed by atoms with E-state index < -0.39 is 0 Å². The van der Waals surface area contributed by atoms with Gasteiger partial charge in [0.15, 0.2) is 0 Å². The fourth-order valence-electron chi connectivity index (χ4n) is 3.47. The average molecular weight is 512 g/mol. The zero-order chi connectivity index (χ0) is 26.2. The largest absolute Gasteiger partial charge is 0.369 e. The molecule has 1 aliphatic heterocycles. The number of rotatable bonds is 10. The molecule has 0 fully saturated rings. The number of primary amides is 1. The maximum Gasteiger partial charge on any atom is 0.232 e. The lowest BCUT2D eigenvalue weighted by Gasteiger charge is -2.03. The molecule has 2 amide bonds. The highest BCUT2D eigenvalue weighted by Gasteiger charge is 2.17. The minimum atomic E-state index is -0.271. The predicted molar refractivity (Wildman–Crippen MR) is 148 cm³/mol. The zero-order valence-corrected chi connectivity index (χ0v) is 22.1. The first-order valence-corrected chi connectivity index (χ1v) is 13.1. The summed E-state index contributed by atoms with van der Waals surface area (Å²) in [5, 5.41) is 6.37. The van der Waals surface area contributed by atoms with Crippen LogP contribution in [0.5, 0.6) is 0 Å². The molecule has 10 heteroatoms. The molecule has 0 saturated carbocycles. The van der Waals surface area contributed by atoms with Gasteiger partial charge in [-0.2, -0.15) is 5.10 Å². The van der Waals surface area contributed by atoms with E-state index in [0.29, 0.717) is 13.0 Å². The normalized spacial score (nSPS) is 13.8. The number of aromatic nitrogens is 4. The molecular weight excluding hydrogens is 474 g/mol. The molecule has 0 radical (unpaired) electrons. The Balaban J connectivity index is 0.000000314. The van der Waals surface area contributed by atoms with Crippen LogP contribution < -0.4 is 11.1 Å². The molecule has 1 aliphatic rings. The van der Waals surface area contributed by atoms with Gasteiger partial charge < -0.3 is 16.0 Å². The number of nitrogens with one attached hydrogen (secondary N) is 2. The molecule has 194 valence electrons. The van der Waals surface area contributed by atoms with Crippen LogP contribution in [0.15, 0.2) is 47.7 Å². The van der Waals surface area contributed by atoms with Gasteiger partial charge in [-0.1, -0.05) is 68.6 Å². The fourth-order valence-corrected chi connectivity index (χ4v) is 4.09. The SMILES string of the molecule is CCCCCCCc1ncc(-c2ccc(-c3ccnn3C)cc2)[nH]1.CNC=O.NC(=O)C1CN=CS1. The lowest BCUT2D eigenvalue weighted by molar-refractivity contribution is -0.117. The van der Waals surface area contributed by atoms with Crippen LogP contribution in [0.4, 0.5) is 0 Å². The second kappa shape index (κ2) is 16.3. The van der Waals surface area contributed by atoms with Crippen molar-refractivity contribution in [1.29, 1.82) is 0 Å². The third-order valence-corrected chi connectivity index (χ3v) is 6.44. The number of aliphatic imine (C=N–C) groups is 1. The lowest BCUT2D eigenvalue weighted by atomic mass is 10.1. The van der Waals surface area contributed by atoms with Crippen molar-refractivity contribution in [3.8, 4) is 22.5 Å². The Kier molecular flexibility index (Phi) is 13.1. The maximum atomic E-state index is 10.3. The standard InChI is InChI=1S/C20H26N4.C4H6N2OS.C2H5NO/c1-3-4-5-6-7-8-20-21-15-18(23-20)16-9-11-17(12-10-16)19-13-14-22-24(19)2;5-4(7)3-1-6-2-8-3;1-3-2-4/h9-15H,3-8H2,1-2H3,(H,21,23);2-3H,1H2,(H2,5,7);2H,1H3,(H,3,4). The van der Waals surface area contributed by atoms with Crippen LogP contribution in [-0.2, 0) is 23.1 Å². The van der Waals surface area contributed by atoms with Crippen molar-refractivity contribution in [2.45, 2.75) is 50.7 Å². The summed E-state index contributed by atoms with van der Waals surface area (Å²) in [6.07, 6.45) is 11.9. The van der Waals surface area contributed by atoms with Gasteiger partial charge in [-0.05, 0) is 23.6 Å². The van der Waals surface area contributed by atoms with E-state index in [1.54, 1.807) is 12.6 Å². The molecule has 0 bridgehead atoms. The van der Waals surface area contributed by atoms with E-state index in [2.05, 4.69) is 56.6 Å². The van der Waals surface area contributed by atoms with Crippen LogP contribution in [0, 0.1) is 0 Å². The monoisotopic (exact) mass is 511 g/mol. The Labute approximate surface area is 217 Å². The molecule has 36 heavy (non-hydrogen) atoms. The molecule has 1 atom stereocenters. The van der Waals surface area contributed by atoms with Gasteiger partial charge in [-0.15, -0.1) is 0 Å². The number of carbonyl (C=O) groups excluding carboxylic acids is 2. The van der Waals surface area contributed by atoms with Crippen LogP contribution >= 0.6 is 11.8 Å². The minimum absolute atomic E-state index is 0.102. The number of amides is 2. The first-order chi connectivity index (χ1) is 17.5. The van der Waals surface area contributed by atoms with E-state index in [4.69, 9.17) is 10.5 Å². The molecule has 9 nitrogen and oxygen atoms in total. The topological polar surface area (TPSA) is 131 Å². The number of hydrogen-bond donors (Lipinski definition) is 3. The van der Waals surface area contributed by atoms with Crippen molar-refractivity contribution in [3.63, 3.8) is 0 Å². The highest BCUT2D eigenvalue weighted by Crippen LogP contribution is 2.23. The third kappa shape index (κ3) is 9.69. The van der Waals surface area contributed by atoms with Crippen molar-refractivity contribution in [2.24, 2.45) is 17.8 Å². The van der Waals surface area contributed by atoms with E-state index >= 15 is 0 Å². The molecule has 0 aliphatic carbocycles. The van der Waals surface area contributed by atoms with Crippen LogP contribution in [0.3, 0.4) is 0 Å². The summed E-state index contributed by atoms with van der Waals surface area (Å²) in [4.78, 5) is 31.2. The summed E-state index contributed by atoms with van der Waals surface area (Å²) in [5.41, 5.74) is 11.2. The van der Waals surface area contributed by atoms with E-state index in [-0.39, 0.29) is 11.2 Å². The van der Waals surface area contributed by atoms with Gasteiger partial charge in [0.1, 0.15) is 11.1 Å². The number of thioether (sulfide) groups is 1. The van der Waals surface area contributed by atoms with Gasteiger partial charge in [0.25, 0.3) is 0 Å². The second-order valence-electron chi connectivity index (χ2n) is 8.23. The van der Waals surface area contributed by atoms with Crippen LogP contribution in [0.1, 0.15) is 44.9 Å². The van der Waals surface area contributed by atoms with Crippen LogP contribution in [0.2, 0.25) is 0 Å². The first kappa shape index (κ1) is 28.8. The number of aromatic amines is 1. The highest BCUT2D eigenvalue weighted by molar-refractivity contribution is 8.13. The van der Waals surface area contributed by atoms with Crippen molar-refractivity contribution in [2.75, 3.05) is 13.6 Å². The Bertz CT molecular complexity index is 1070. The molecule has 1 unspecified atom stereocenters. The molecule has 3 heterocycles. The smallest absolute Gasteiger partial charge is 0.232 e. The van der Waals surface area contributed by atoms with Crippen LogP contribution in [0.25, 0.3) is 22.5 Å². The summed E-state index contributed by atoms with van der Waals surface area (Å²) in [6, 6.07) is 10.6. The molecule has 3 aromatic rings. The van der Waals surface area contributed by atoms with Gasteiger partial charge >= 0.3 is 0 Å².